The summed E-state index contributed by atoms with van der Waals surface area (Å²) in [4.78, 5) is 21.3. The highest BCUT2D eigenvalue weighted by Crippen LogP contribution is 2.25. The van der Waals surface area contributed by atoms with Crippen LogP contribution < -0.4 is 5.11 Å². The molecular weight excluding hydrogens is 222 g/mol. The lowest BCUT2D eigenvalue weighted by Gasteiger charge is -2.22. The number of hydrogen-bond acceptors (Lipinski definition) is 4. The average molecular weight is 235 g/mol. The molecule has 0 aromatic carbocycles. The van der Waals surface area contributed by atoms with Crippen molar-refractivity contribution in [1.29, 1.82) is 0 Å². The summed E-state index contributed by atoms with van der Waals surface area (Å²) >= 11 is 0. The Bertz CT molecular complexity index is 272. The summed E-state index contributed by atoms with van der Waals surface area (Å²) in [5.74, 6) is -7.74. The highest BCUT2D eigenvalue weighted by molar-refractivity contribution is 5.75. The van der Waals surface area contributed by atoms with E-state index in [0.717, 1.165) is 19.3 Å². The molecule has 0 aromatic heterocycles. The van der Waals surface area contributed by atoms with Gasteiger partial charge in [-0.05, 0) is 12.8 Å². The predicted molar refractivity (Wildman–Crippen MR) is 47.5 cm³/mol. The van der Waals surface area contributed by atoms with Gasteiger partial charge in [0.1, 0.15) is 5.97 Å². The Morgan fingerprint density at radius 3 is 2.31 bits per heavy atom. The average Bonchev–Trinajstić information content (AvgIpc) is 2.27. The third kappa shape index (κ3) is 3.43. The van der Waals surface area contributed by atoms with Crippen molar-refractivity contribution in [2.75, 3.05) is 6.61 Å². The first-order chi connectivity index (χ1) is 7.43. The van der Waals surface area contributed by atoms with Crippen LogP contribution in [0.1, 0.15) is 32.1 Å². The number of carbonyl (C=O) groups excluding carboxylic acids is 2. The van der Waals surface area contributed by atoms with Crippen LogP contribution in [0, 0.1) is 5.92 Å². The zero-order valence-electron chi connectivity index (χ0n) is 8.71. The molecule has 0 spiro atoms. The summed E-state index contributed by atoms with van der Waals surface area (Å²) < 4.78 is 29.4. The molecule has 0 amide bonds. The van der Waals surface area contributed by atoms with Crippen molar-refractivity contribution in [2.24, 2.45) is 5.92 Å². The number of hydrogen-bond donors (Lipinski definition) is 0. The Kier molecular flexibility index (Phi) is 4.20. The van der Waals surface area contributed by atoms with Crippen molar-refractivity contribution in [2.45, 2.75) is 38.0 Å². The SMILES string of the molecule is O=C(OCC(F)(F)C(=O)[O-])C1CCCCC1. The molecule has 0 heterocycles. The van der Waals surface area contributed by atoms with Gasteiger partial charge in [-0.15, -0.1) is 0 Å². The highest BCUT2D eigenvalue weighted by atomic mass is 19.3. The number of ether oxygens (including phenoxy) is 1. The Hall–Kier alpha value is -1.20. The molecule has 0 N–H and O–H groups in total. The van der Waals surface area contributed by atoms with Crippen molar-refractivity contribution < 1.29 is 28.2 Å². The summed E-state index contributed by atoms with van der Waals surface area (Å²) in [6.45, 7) is -1.44. The summed E-state index contributed by atoms with van der Waals surface area (Å²) in [5.41, 5.74) is 0. The van der Waals surface area contributed by atoms with E-state index in [0.29, 0.717) is 12.8 Å². The second-order valence-electron chi connectivity index (χ2n) is 3.93. The lowest BCUT2D eigenvalue weighted by atomic mass is 9.89. The van der Waals surface area contributed by atoms with Crippen molar-refractivity contribution in [3.05, 3.63) is 0 Å². The zero-order chi connectivity index (χ0) is 12.2. The highest BCUT2D eigenvalue weighted by Gasteiger charge is 2.34. The van der Waals surface area contributed by atoms with Crippen molar-refractivity contribution in [3.63, 3.8) is 0 Å². The van der Waals surface area contributed by atoms with Crippen LogP contribution in [-0.2, 0) is 14.3 Å². The summed E-state index contributed by atoms with van der Waals surface area (Å²) in [7, 11) is 0. The van der Waals surface area contributed by atoms with E-state index < -0.39 is 24.5 Å². The maximum Gasteiger partial charge on any atom is 0.320 e. The molecule has 1 fully saturated rings. The van der Waals surface area contributed by atoms with Gasteiger partial charge < -0.3 is 14.6 Å². The number of carbonyl (C=O) groups is 2. The molecule has 0 radical (unpaired) electrons. The fraction of sp³-hybridized carbons (Fsp3) is 0.800. The lowest BCUT2D eigenvalue weighted by molar-refractivity contribution is -0.331. The molecule has 16 heavy (non-hydrogen) atoms. The molecule has 0 aliphatic heterocycles. The fourth-order valence-corrected chi connectivity index (χ4v) is 1.68. The van der Waals surface area contributed by atoms with Crippen LogP contribution in [-0.4, -0.2) is 24.5 Å². The first kappa shape index (κ1) is 12.9. The standard InChI is InChI=1S/C10H14F2O4/c11-10(12,9(14)15)6-16-8(13)7-4-2-1-3-5-7/h7H,1-6H2,(H,14,15)/p-1. The van der Waals surface area contributed by atoms with Gasteiger partial charge in [0.05, 0.1) is 5.92 Å². The summed E-state index contributed by atoms with van der Waals surface area (Å²) in [6, 6.07) is 0. The van der Waals surface area contributed by atoms with E-state index in [2.05, 4.69) is 4.74 Å². The number of carboxylic acids is 1. The molecule has 0 aromatic rings. The maximum atomic E-state index is 12.5. The summed E-state index contributed by atoms with van der Waals surface area (Å²) in [5, 5.41) is 9.96. The Morgan fingerprint density at radius 1 is 1.25 bits per heavy atom. The van der Waals surface area contributed by atoms with E-state index in [-0.39, 0.29) is 5.92 Å². The molecule has 92 valence electrons. The number of alkyl halides is 2. The third-order valence-corrected chi connectivity index (χ3v) is 2.63. The van der Waals surface area contributed by atoms with Gasteiger partial charge in [-0.25, -0.2) is 0 Å². The van der Waals surface area contributed by atoms with Gasteiger partial charge in [0, 0.05) is 0 Å². The van der Waals surface area contributed by atoms with Crippen LogP contribution >= 0.6 is 0 Å². The van der Waals surface area contributed by atoms with Gasteiger partial charge in [-0.1, -0.05) is 19.3 Å². The number of halogens is 2. The number of esters is 1. The smallest absolute Gasteiger partial charge is 0.320 e. The van der Waals surface area contributed by atoms with Gasteiger partial charge in [0.25, 0.3) is 0 Å². The van der Waals surface area contributed by atoms with E-state index in [1.165, 1.54) is 0 Å². The molecule has 0 saturated heterocycles. The maximum absolute atomic E-state index is 12.5. The third-order valence-electron chi connectivity index (χ3n) is 2.63. The van der Waals surface area contributed by atoms with E-state index in [1.54, 1.807) is 0 Å². The van der Waals surface area contributed by atoms with E-state index >= 15 is 0 Å². The zero-order valence-corrected chi connectivity index (χ0v) is 8.71. The van der Waals surface area contributed by atoms with Gasteiger partial charge >= 0.3 is 11.9 Å². The van der Waals surface area contributed by atoms with Crippen LogP contribution in [0.2, 0.25) is 0 Å². The second-order valence-corrected chi connectivity index (χ2v) is 3.93. The molecular formula is C10H13F2O4-. The minimum Gasteiger partial charge on any atom is -0.544 e. The number of aliphatic carboxylic acids is 1. The van der Waals surface area contributed by atoms with Crippen LogP contribution in [0.25, 0.3) is 0 Å². The van der Waals surface area contributed by atoms with Gasteiger partial charge in [0.2, 0.25) is 0 Å². The van der Waals surface area contributed by atoms with Crippen LogP contribution in [0.4, 0.5) is 8.78 Å². The van der Waals surface area contributed by atoms with Crippen molar-refractivity contribution in [3.8, 4) is 0 Å². The molecule has 1 saturated carbocycles. The van der Waals surface area contributed by atoms with E-state index in [4.69, 9.17) is 0 Å². The Labute approximate surface area is 91.6 Å². The molecule has 6 heteroatoms. The van der Waals surface area contributed by atoms with Crippen molar-refractivity contribution >= 4 is 11.9 Å². The van der Waals surface area contributed by atoms with E-state index in [1.807, 2.05) is 0 Å². The molecule has 1 aliphatic rings. The summed E-state index contributed by atoms with van der Waals surface area (Å²) in [6.07, 6.45) is 4.01. The normalized spacial score (nSPS) is 18.1. The van der Waals surface area contributed by atoms with Crippen LogP contribution in [0.15, 0.2) is 0 Å². The van der Waals surface area contributed by atoms with Crippen molar-refractivity contribution in [1.82, 2.24) is 0 Å². The molecule has 0 bridgehead atoms. The molecule has 1 rings (SSSR count). The molecule has 1 aliphatic carbocycles. The largest absolute Gasteiger partial charge is 0.544 e. The first-order valence-corrected chi connectivity index (χ1v) is 5.19. The monoisotopic (exact) mass is 235 g/mol. The molecule has 4 nitrogen and oxygen atoms in total. The number of rotatable bonds is 4. The van der Waals surface area contributed by atoms with Gasteiger partial charge in [-0.2, -0.15) is 8.78 Å². The van der Waals surface area contributed by atoms with Crippen LogP contribution in [0.5, 0.6) is 0 Å². The van der Waals surface area contributed by atoms with Gasteiger partial charge in [0.15, 0.2) is 6.61 Å². The second kappa shape index (κ2) is 5.23. The van der Waals surface area contributed by atoms with Crippen LogP contribution in [0.3, 0.4) is 0 Å². The fourth-order valence-electron chi connectivity index (χ4n) is 1.68. The predicted octanol–water partition coefficient (Wildman–Crippen LogP) is 0.495. The number of carboxylic acid groups (broad SMARTS) is 1. The lowest BCUT2D eigenvalue weighted by Crippen LogP contribution is -2.45. The quantitative estimate of drug-likeness (QED) is 0.665. The minimum absolute atomic E-state index is 0.369. The molecule has 0 unspecified atom stereocenters. The molecule has 0 atom stereocenters. The Morgan fingerprint density at radius 2 is 1.81 bits per heavy atom. The van der Waals surface area contributed by atoms with Gasteiger partial charge in [-0.3, -0.25) is 4.79 Å². The van der Waals surface area contributed by atoms with E-state index in [9.17, 15) is 23.5 Å². The Balaban J connectivity index is 2.37. The first-order valence-electron chi connectivity index (χ1n) is 5.19. The topological polar surface area (TPSA) is 66.4 Å². The minimum atomic E-state index is -4.11.